The van der Waals surface area contributed by atoms with Crippen molar-refractivity contribution in [2.24, 2.45) is 11.8 Å². The van der Waals surface area contributed by atoms with Gasteiger partial charge in [-0.15, -0.1) is 0 Å². The van der Waals surface area contributed by atoms with E-state index < -0.39 is 11.9 Å². The van der Waals surface area contributed by atoms with Crippen molar-refractivity contribution in [1.82, 2.24) is 4.90 Å². The van der Waals surface area contributed by atoms with Crippen molar-refractivity contribution in [3.8, 4) is 0 Å². The number of carboxylic acids is 1. The zero-order valence-electron chi connectivity index (χ0n) is 8.30. The first-order valence-corrected chi connectivity index (χ1v) is 4.59. The van der Waals surface area contributed by atoms with Gasteiger partial charge in [0.05, 0.1) is 24.5 Å². The molecule has 0 radical (unpaired) electrons. The van der Waals surface area contributed by atoms with Crippen LogP contribution in [0.25, 0.3) is 0 Å². The number of carbonyl (C=O) groups is 2. The average Bonchev–Trinajstić information content (AvgIpc) is 2.93. The number of aliphatic carboxylic acids is 1. The summed E-state index contributed by atoms with van der Waals surface area (Å²) in [5.74, 6) is -1.99. The molecule has 5 heteroatoms. The molecule has 1 aliphatic carbocycles. The maximum Gasteiger partial charge on any atom is 0.307 e. The molecular formula is C9H15NO4. The maximum atomic E-state index is 11.6. The third-order valence-electron chi connectivity index (χ3n) is 2.70. The Balaban J connectivity index is 2.48. The van der Waals surface area contributed by atoms with Crippen LogP contribution in [0.3, 0.4) is 0 Å². The smallest absolute Gasteiger partial charge is 0.307 e. The Morgan fingerprint density at radius 1 is 1.50 bits per heavy atom. The van der Waals surface area contributed by atoms with E-state index in [0.717, 1.165) is 0 Å². The van der Waals surface area contributed by atoms with Gasteiger partial charge in [0.2, 0.25) is 5.91 Å². The van der Waals surface area contributed by atoms with Crippen molar-refractivity contribution in [3.05, 3.63) is 0 Å². The van der Waals surface area contributed by atoms with E-state index >= 15 is 0 Å². The normalized spacial score (nSPS) is 26.8. The molecule has 0 saturated heterocycles. The third kappa shape index (κ3) is 2.04. The van der Waals surface area contributed by atoms with Crippen LogP contribution in [-0.2, 0) is 9.59 Å². The van der Waals surface area contributed by atoms with E-state index in [1.807, 2.05) is 0 Å². The van der Waals surface area contributed by atoms with Crippen LogP contribution in [0.15, 0.2) is 0 Å². The van der Waals surface area contributed by atoms with Crippen LogP contribution >= 0.6 is 0 Å². The Morgan fingerprint density at radius 2 is 2.07 bits per heavy atom. The number of likely N-dealkylation sites (N-methyl/N-ethyl adjacent to an activating group) is 1. The molecule has 1 fully saturated rings. The van der Waals surface area contributed by atoms with E-state index in [-0.39, 0.29) is 24.5 Å². The van der Waals surface area contributed by atoms with Gasteiger partial charge >= 0.3 is 5.97 Å². The van der Waals surface area contributed by atoms with Gasteiger partial charge in [-0.25, -0.2) is 0 Å². The Labute approximate surface area is 82.3 Å². The Hall–Kier alpha value is -1.10. The predicted octanol–water partition coefficient (Wildman–Crippen LogP) is -0.454. The lowest BCUT2D eigenvalue weighted by molar-refractivity contribution is -0.142. The SMILES string of the molecule is CC(CO)N(C)C(=O)[C@@H]1C[C@@H]1C(=O)O. The molecule has 0 spiro atoms. The van der Waals surface area contributed by atoms with Crippen LogP contribution in [0, 0.1) is 11.8 Å². The lowest BCUT2D eigenvalue weighted by atomic mass is 10.2. The molecule has 14 heavy (non-hydrogen) atoms. The summed E-state index contributed by atoms with van der Waals surface area (Å²) in [6.07, 6.45) is 0.427. The first-order valence-electron chi connectivity index (χ1n) is 4.59. The van der Waals surface area contributed by atoms with E-state index in [4.69, 9.17) is 10.2 Å². The summed E-state index contributed by atoms with van der Waals surface area (Å²) in [5, 5.41) is 17.5. The van der Waals surface area contributed by atoms with Gasteiger partial charge in [-0.1, -0.05) is 0 Å². The van der Waals surface area contributed by atoms with Gasteiger partial charge in [0.25, 0.3) is 0 Å². The van der Waals surface area contributed by atoms with Crippen molar-refractivity contribution in [2.45, 2.75) is 19.4 Å². The highest BCUT2D eigenvalue weighted by Gasteiger charge is 2.49. The highest BCUT2D eigenvalue weighted by Crippen LogP contribution is 2.40. The molecule has 3 atom stereocenters. The van der Waals surface area contributed by atoms with Crippen molar-refractivity contribution < 1.29 is 19.8 Å². The van der Waals surface area contributed by atoms with E-state index in [9.17, 15) is 9.59 Å². The van der Waals surface area contributed by atoms with Crippen molar-refractivity contribution in [1.29, 1.82) is 0 Å². The lowest BCUT2D eigenvalue weighted by Gasteiger charge is -2.23. The van der Waals surface area contributed by atoms with E-state index in [0.29, 0.717) is 6.42 Å². The quantitative estimate of drug-likeness (QED) is 0.645. The summed E-state index contributed by atoms with van der Waals surface area (Å²) < 4.78 is 0. The molecule has 0 aromatic heterocycles. The topological polar surface area (TPSA) is 77.8 Å². The van der Waals surface area contributed by atoms with Crippen LogP contribution in [0.5, 0.6) is 0 Å². The number of amides is 1. The molecule has 0 bridgehead atoms. The summed E-state index contributed by atoms with van der Waals surface area (Å²) in [4.78, 5) is 23.5. The second-order valence-electron chi connectivity index (χ2n) is 3.77. The standard InChI is InChI=1S/C9H15NO4/c1-5(4-11)10(2)8(12)6-3-7(6)9(13)14/h5-7,11H,3-4H2,1-2H3,(H,13,14)/t5?,6-,7+/m1/s1. The summed E-state index contributed by atoms with van der Waals surface area (Å²) in [6, 6.07) is -0.252. The third-order valence-corrected chi connectivity index (χ3v) is 2.70. The van der Waals surface area contributed by atoms with Crippen LogP contribution in [0.1, 0.15) is 13.3 Å². The maximum absolute atomic E-state index is 11.6. The number of rotatable bonds is 4. The van der Waals surface area contributed by atoms with Crippen LogP contribution in [0.2, 0.25) is 0 Å². The number of carboxylic acid groups (broad SMARTS) is 1. The molecule has 1 aliphatic rings. The number of nitrogens with zero attached hydrogens (tertiary/aromatic N) is 1. The minimum absolute atomic E-state index is 0.104. The van der Waals surface area contributed by atoms with Crippen LogP contribution in [0.4, 0.5) is 0 Å². The largest absolute Gasteiger partial charge is 0.481 e. The van der Waals surface area contributed by atoms with Crippen molar-refractivity contribution in [2.75, 3.05) is 13.7 Å². The Morgan fingerprint density at radius 3 is 2.43 bits per heavy atom. The van der Waals surface area contributed by atoms with Crippen LogP contribution < -0.4 is 0 Å². The predicted molar refractivity (Wildman–Crippen MR) is 48.6 cm³/mol. The summed E-state index contributed by atoms with van der Waals surface area (Å²) in [5.41, 5.74) is 0. The number of hydrogen-bond donors (Lipinski definition) is 2. The van der Waals surface area contributed by atoms with Gasteiger partial charge < -0.3 is 15.1 Å². The van der Waals surface area contributed by atoms with Gasteiger partial charge in [-0.3, -0.25) is 9.59 Å². The molecule has 1 amide bonds. The monoisotopic (exact) mass is 201 g/mol. The molecule has 0 aliphatic heterocycles. The molecule has 0 aromatic rings. The van der Waals surface area contributed by atoms with Crippen LogP contribution in [-0.4, -0.2) is 46.7 Å². The molecule has 0 heterocycles. The van der Waals surface area contributed by atoms with E-state index in [2.05, 4.69) is 0 Å². The fourth-order valence-electron chi connectivity index (χ4n) is 1.34. The second kappa shape index (κ2) is 3.96. The van der Waals surface area contributed by atoms with Crippen molar-refractivity contribution >= 4 is 11.9 Å². The van der Waals surface area contributed by atoms with Gasteiger partial charge in [-0.05, 0) is 13.3 Å². The van der Waals surface area contributed by atoms with E-state index in [1.54, 1.807) is 14.0 Å². The molecule has 1 saturated carbocycles. The second-order valence-corrected chi connectivity index (χ2v) is 3.77. The summed E-state index contributed by atoms with van der Waals surface area (Å²) in [6.45, 7) is 1.61. The zero-order chi connectivity index (χ0) is 10.9. The van der Waals surface area contributed by atoms with Gasteiger partial charge in [-0.2, -0.15) is 0 Å². The first-order chi connectivity index (χ1) is 6.49. The molecule has 2 N–H and O–H groups in total. The number of aliphatic hydroxyl groups is 1. The van der Waals surface area contributed by atoms with E-state index in [1.165, 1.54) is 4.90 Å². The number of carbonyl (C=O) groups excluding carboxylic acids is 1. The molecular weight excluding hydrogens is 186 g/mol. The fraction of sp³-hybridized carbons (Fsp3) is 0.778. The Kier molecular flexibility index (Phi) is 3.10. The van der Waals surface area contributed by atoms with Gasteiger partial charge in [0.1, 0.15) is 0 Å². The van der Waals surface area contributed by atoms with Gasteiger partial charge in [0.15, 0.2) is 0 Å². The van der Waals surface area contributed by atoms with Crippen molar-refractivity contribution in [3.63, 3.8) is 0 Å². The summed E-state index contributed by atoms with van der Waals surface area (Å²) >= 11 is 0. The molecule has 80 valence electrons. The minimum atomic E-state index is -0.909. The molecule has 1 rings (SSSR count). The number of hydrogen-bond acceptors (Lipinski definition) is 3. The lowest BCUT2D eigenvalue weighted by Crippen LogP contribution is -2.38. The number of aliphatic hydroxyl groups excluding tert-OH is 1. The first kappa shape index (κ1) is 11.0. The highest BCUT2D eigenvalue weighted by molar-refractivity contribution is 5.89. The molecule has 0 aromatic carbocycles. The fourth-order valence-corrected chi connectivity index (χ4v) is 1.34. The Bertz CT molecular complexity index is 253. The molecule has 1 unspecified atom stereocenters. The summed E-state index contributed by atoms with van der Waals surface area (Å²) in [7, 11) is 1.58. The average molecular weight is 201 g/mol. The highest BCUT2D eigenvalue weighted by atomic mass is 16.4. The molecule has 5 nitrogen and oxygen atoms in total. The zero-order valence-corrected chi connectivity index (χ0v) is 8.30. The minimum Gasteiger partial charge on any atom is -0.481 e. The van der Waals surface area contributed by atoms with Gasteiger partial charge in [0, 0.05) is 7.05 Å².